The van der Waals surface area contributed by atoms with Gasteiger partial charge in [0.05, 0.1) is 0 Å². The van der Waals surface area contributed by atoms with Gasteiger partial charge in [-0.25, -0.2) is 0 Å². The summed E-state index contributed by atoms with van der Waals surface area (Å²) >= 11 is 0. The average molecular weight is 368 g/mol. The number of aryl methyl sites for hydroxylation is 1. The second-order valence-electron chi connectivity index (χ2n) is 7.84. The van der Waals surface area contributed by atoms with E-state index in [4.69, 9.17) is 0 Å². The maximum absolute atomic E-state index is 3.69. The van der Waals surface area contributed by atoms with E-state index >= 15 is 0 Å². The minimum absolute atomic E-state index is 0.1000. The molecule has 0 unspecified atom stereocenters. The Morgan fingerprint density at radius 1 is 0.857 bits per heavy atom. The molecule has 2 N–H and O–H groups in total. The molecule has 3 heteroatoms. The van der Waals surface area contributed by atoms with Gasteiger partial charge < -0.3 is 10.5 Å². The Hall–Kier alpha value is -2.68. The summed E-state index contributed by atoms with van der Waals surface area (Å²) in [6.07, 6.45) is 6.25. The molecular formula is C25H29BN2. The molecule has 0 aromatic heterocycles. The summed E-state index contributed by atoms with van der Waals surface area (Å²) in [4.78, 5) is 0. The van der Waals surface area contributed by atoms with E-state index in [2.05, 4.69) is 90.9 Å². The second kappa shape index (κ2) is 8.56. The van der Waals surface area contributed by atoms with E-state index in [1.807, 2.05) is 0 Å². The summed E-state index contributed by atoms with van der Waals surface area (Å²) in [7, 11) is 0. The summed E-state index contributed by atoms with van der Waals surface area (Å²) < 4.78 is 0. The van der Waals surface area contributed by atoms with E-state index in [-0.39, 0.29) is 6.98 Å². The normalized spacial score (nSPS) is 13.4. The number of anilines is 2. The summed E-state index contributed by atoms with van der Waals surface area (Å²) in [5.74, 6) is 2.38. The Morgan fingerprint density at radius 2 is 1.54 bits per heavy atom. The van der Waals surface area contributed by atoms with Gasteiger partial charge in [0, 0.05) is 16.8 Å². The van der Waals surface area contributed by atoms with E-state index in [0.29, 0.717) is 0 Å². The van der Waals surface area contributed by atoms with Gasteiger partial charge in [-0.05, 0) is 48.4 Å². The van der Waals surface area contributed by atoms with Gasteiger partial charge in [0.25, 0.3) is 0 Å². The molecule has 0 atom stereocenters. The van der Waals surface area contributed by atoms with Crippen molar-refractivity contribution in [3.63, 3.8) is 0 Å². The molecule has 2 nitrogen and oxygen atoms in total. The largest absolute Gasteiger partial charge is 0.405 e. The van der Waals surface area contributed by atoms with Gasteiger partial charge in [-0.3, -0.25) is 0 Å². The lowest BCUT2D eigenvalue weighted by Crippen LogP contribution is -2.35. The van der Waals surface area contributed by atoms with Crippen molar-refractivity contribution in [2.45, 2.75) is 46.0 Å². The Bertz CT molecular complexity index is 935. The van der Waals surface area contributed by atoms with Crippen molar-refractivity contribution in [2.75, 3.05) is 10.5 Å². The lowest BCUT2D eigenvalue weighted by molar-refractivity contribution is 0.679. The van der Waals surface area contributed by atoms with Crippen molar-refractivity contribution in [1.29, 1.82) is 0 Å². The first-order valence-electron chi connectivity index (χ1n) is 10.6. The molecule has 1 heterocycles. The summed E-state index contributed by atoms with van der Waals surface area (Å²) in [6.45, 7) is 4.52. The van der Waals surface area contributed by atoms with Gasteiger partial charge in [0.15, 0.2) is 0 Å². The molecule has 0 fully saturated rings. The van der Waals surface area contributed by atoms with Crippen LogP contribution >= 0.6 is 0 Å². The van der Waals surface area contributed by atoms with Crippen molar-refractivity contribution < 1.29 is 0 Å². The zero-order chi connectivity index (χ0) is 19.3. The van der Waals surface area contributed by atoms with Gasteiger partial charge in [0.2, 0.25) is 0 Å². The zero-order valence-corrected chi connectivity index (χ0v) is 17.0. The molecule has 28 heavy (non-hydrogen) atoms. The third kappa shape index (κ3) is 4.09. The Morgan fingerprint density at radius 3 is 2.18 bits per heavy atom. The summed E-state index contributed by atoms with van der Waals surface area (Å²) in [5.41, 5.74) is 6.49. The molecule has 4 rings (SSSR count). The van der Waals surface area contributed by atoms with Gasteiger partial charge in [-0.15, -0.1) is 0 Å². The van der Waals surface area contributed by atoms with Gasteiger partial charge in [0.1, 0.15) is 0 Å². The number of allylic oxidation sites excluding steroid dienone is 1. The predicted octanol–water partition coefficient (Wildman–Crippen LogP) is 7.07. The fourth-order valence-electron chi connectivity index (χ4n) is 4.07. The van der Waals surface area contributed by atoms with E-state index in [0.717, 1.165) is 6.42 Å². The van der Waals surface area contributed by atoms with E-state index in [1.165, 1.54) is 64.5 Å². The van der Waals surface area contributed by atoms with Crippen LogP contribution in [0.2, 0.25) is 0 Å². The Balaban J connectivity index is 1.61. The maximum Gasteiger partial charge on any atom is 0.398 e. The number of rotatable bonds is 7. The molecule has 0 aliphatic carbocycles. The molecule has 1 aliphatic heterocycles. The SMILES string of the molecule is CCCCCC/C(=C/B1Nc2cccc3cccc(c23)N1)c1ccc(C)cc1. The third-order valence-corrected chi connectivity index (χ3v) is 5.62. The van der Waals surface area contributed by atoms with Crippen LogP contribution in [-0.4, -0.2) is 6.98 Å². The molecule has 142 valence electrons. The molecule has 0 amide bonds. The standard InChI is InChI=1S/C25H29BN2/c1-3-4-5-6-9-22(20-16-14-19(2)15-17-20)18-26-27-23-12-7-10-21-11-8-13-24(28-26)25(21)23/h7-8,10-18,27-28H,3-6,9H2,1-2H3/b22-18-. The van der Waals surface area contributed by atoms with Crippen molar-refractivity contribution in [3.05, 3.63) is 77.8 Å². The van der Waals surface area contributed by atoms with E-state index in [1.54, 1.807) is 0 Å². The first kappa shape index (κ1) is 18.7. The number of unbranched alkanes of at least 4 members (excludes halogenated alkanes) is 3. The van der Waals surface area contributed by atoms with Crippen molar-refractivity contribution in [3.8, 4) is 0 Å². The Kier molecular flexibility index (Phi) is 5.71. The molecule has 0 bridgehead atoms. The first-order valence-corrected chi connectivity index (χ1v) is 10.6. The van der Waals surface area contributed by atoms with Crippen LogP contribution in [0.4, 0.5) is 11.4 Å². The molecule has 1 aliphatic rings. The van der Waals surface area contributed by atoms with Crippen LogP contribution in [0.5, 0.6) is 0 Å². The zero-order valence-electron chi connectivity index (χ0n) is 17.0. The highest BCUT2D eigenvalue weighted by molar-refractivity contribution is 6.73. The first-order chi connectivity index (χ1) is 13.7. The van der Waals surface area contributed by atoms with E-state index in [9.17, 15) is 0 Å². The lowest BCUT2D eigenvalue weighted by Gasteiger charge is -2.25. The number of hydrogen-bond acceptors (Lipinski definition) is 2. The Labute approximate surface area is 169 Å². The minimum Gasteiger partial charge on any atom is -0.405 e. The van der Waals surface area contributed by atoms with Gasteiger partial charge in [-0.1, -0.05) is 86.3 Å². The highest BCUT2D eigenvalue weighted by Gasteiger charge is 2.22. The number of benzene rings is 3. The maximum atomic E-state index is 3.69. The highest BCUT2D eigenvalue weighted by atomic mass is 15.0. The molecule has 0 radical (unpaired) electrons. The highest BCUT2D eigenvalue weighted by Crippen LogP contribution is 2.34. The minimum atomic E-state index is 0.1000. The number of hydrogen-bond donors (Lipinski definition) is 2. The molecule has 0 spiro atoms. The van der Waals surface area contributed by atoms with Crippen LogP contribution in [0.25, 0.3) is 16.3 Å². The van der Waals surface area contributed by atoms with Gasteiger partial charge >= 0.3 is 6.98 Å². The average Bonchev–Trinajstić information content (AvgIpc) is 2.71. The monoisotopic (exact) mass is 368 g/mol. The summed E-state index contributed by atoms with van der Waals surface area (Å²) in [6, 6.07) is 21.9. The smallest absolute Gasteiger partial charge is 0.398 e. The lowest BCUT2D eigenvalue weighted by atomic mass is 9.70. The molecule has 0 saturated carbocycles. The van der Waals surface area contributed by atoms with Crippen molar-refractivity contribution in [1.82, 2.24) is 0 Å². The van der Waals surface area contributed by atoms with E-state index < -0.39 is 0 Å². The van der Waals surface area contributed by atoms with Crippen LogP contribution in [0, 0.1) is 6.92 Å². The van der Waals surface area contributed by atoms with Crippen LogP contribution in [0.15, 0.2) is 66.6 Å². The predicted molar refractivity (Wildman–Crippen MR) is 125 cm³/mol. The topological polar surface area (TPSA) is 24.1 Å². The molecule has 0 saturated heterocycles. The fourth-order valence-corrected chi connectivity index (χ4v) is 4.07. The summed E-state index contributed by atoms with van der Waals surface area (Å²) in [5, 5.41) is 9.93. The van der Waals surface area contributed by atoms with Crippen molar-refractivity contribution >= 4 is 34.7 Å². The quantitative estimate of drug-likeness (QED) is 0.344. The number of nitrogens with one attached hydrogen (secondary N) is 2. The molecule has 3 aromatic carbocycles. The fraction of sp³-hybridized carbons (Fsp3) is 0.280. The van der Waals surface area contributed by atoms with Crippen LogP contribution in [-0.2, 0) is 0 Å². The van der Waals surface area contributed by atoms with Crippen LogP contribution in [0.1, 0.15) is 50.2 Å². The van der Waals surface area contributed by atoms with Gasteiger partial charge in [-0.2, -0.15) is 0 Å². The van der Waals surface area contributed by atoms with Crippen molar-refractivity contribution in [2.24, 2.45) is 0 Å². The third-order valence-electron chi connectivity index (χ3n) is 5.62. The molecular weight excluding hydrogens is 339 g/mol. The molecule has 3 aromatic rings. The van der Waals surface area contributed by atoms with Crippen LogP contribution in [0.3, 0.4) is 0 Å². The van der Waals surface area contributed by atoms with Crippen LogP contribution < -0.4 is 10.5 Å². The second-order valence-corrected chi connectivity index (χ2v) is 7.84.